The van der Waals surface area contributed by atoms with E-state index in [1.165, 1.54) is 6.20 Å². The smallest absolute Gasteiger partial charge is 0.330 e. The van der Waals surface area contributed by atoms with Gasteiger partial charge in [-0.2, -0.15) is 0 Å². The molecule has 18 heavy (non-hydrogen) atoms. The van der Waals surface area contributed by atoms with Crippen LogP contribution in [-0.2, 0) is 11.2 Å². The molecular formula is C11H16N2O5. The van der Waals surface area contributed by atoms with Crippen molar-refractivity contribution in [2.24, 2.45) is 0 Å². The third kappa shape index (κ3) is 2.12. The van der Waals surface area contributed by atoms with Gasteiger partial charge in [0.2, 0.25) is 0 Å². The third-order valence-corrected chi connectivity index (χ3v) is 3.14. The number of aromatic nitrogens is 2. The Hall–Kier alpha value is -1.44. The van der Waals surface area contributed by atoms with Crippen LogP contribution in [-0.4, -0.2) is 38.6 Å². The minimum atomic E-state index is -0.878. The summed E-state index contributed by atoms with van der Waals surface area (Å²) >= 11 is 0. The van der Waals surface area contributed by atoms with E-state index in [-0.39, 0.29) is 13.0 Å². The minimum Gasteiger partial charge on any atom is -0.394 e. The number of aliphatic hydroxyl groups excluding tert-OH is 2. The number of aromatic amines is 1. The maximum absolute atomic E-state index is 12.0. The highest BCUT2D eigenvalue weighted by atomic mass is 16.5. The van der Waals surface area contributed by atoms with Crippen LogP contribution in [0, 0.1) is 0 Å². The summed E-state index contributed by atoms with van der Waals surface area (Å²) in [5, 5.41) is 18.6. The Morgan fingerprint density at radius 1 is 1.56 bits per heavy atom. The zero-order valence-electron chi connectivity index (χ0n) is 10.00. The lowest BCUT2D eigenvalue weighted by atomic mass is 10.2. The van der Waals surface area contributed by atoms with Crippen molar-refractivity contribution in [3.63, 3.8) is 0 Å². The highest BCUT2D eigenvalue weighted by molar-refractivity contribution is 5.05. The first-order chi connectivity index (χ1) is 8.58. The van der Waals surface area contributed by atoms with Crippen molar-refractivity contribution >= 4 is 0 Å². The van der Waals surface area contributed by atoms with Crippen molar-refractivity contribution < 1.29 is 14.9 Å². The maximum Gasteiger partial charge on any atom is 0.330 e. The van der Waals surface area contributed by atoms with E-state index in [1.54, 1.807) is 6.92 Å². The van der Waals surface area contributed by atoms with Gasteiger partial charge in [0.05, 0.1) is 12.7 Å². The van der Waals surface area contributed by atoms with Gasteiger partial charge >= 0.3 is 5.69 Å². The van der Waals surface area contributed by atoms with Gasteiger partial charge in [-0.05, 0) is 6.42 Å². The third-order valence-electron chi connectivity index (χ3n) is 3.14. The molecule has 7 nitrogen and oxygen atoms in total. The largest absolute Gasteiger partial charge is 0.394 e. The van der Waals surface area contributed by atoms with Gasteiger partial charge in [0.25, 0.3) is 5.56 Å². The van der Waals surface area contributed by atoms with Crippen LogP contribution in [0.4, 0.5) is 0 Å². The summed E-state index contributed by atoms with van der Waals surface area (Å²) in [6.07, 6.45) is -0.478. The summed E-state index contributed by atoms with van der Waals surface area (Å²) in [5.41, 5.74) is -0.523. The molecule has 1 fully saturated rings. The summed E-state index contributed by atoms with van der Waals surface area (Å²) in [4.78, 5) is 26.2. The van der Waals surface area contributed by atoms with E-state index in [2.05, 4.69) is 4.98 Å². The second kappa shape index (κ2) is 5.05. The van der Waals surface area contributed by atoms with Crippen LogP contribution in [0.2, 0.25) is 0 Å². The number of aliphatic hydroxyl groups is 2. The Labute approximate surface area is 103 Å². The Kier molecular flexibility index (Phi) is 3.65. The molecule has 1 aliphatic rings. The fourth-order valence-electron chi connectivity index (χ4n) is 2.08. The Bertz CT molecular complexity index is 535. The van der Waals surface area contributed by atoms with E-state index in [1.807, 2.05) is 0 Å². The molecule has 3 atom stereocenters. The van der Waals surface area contributed by atoms with Crippen LogP contribution in [0.25, 0.3) is 0 Å². The van der Waals surface area contributed by atoms with Crippen molar-refractivity contribution in [1.29, 1.82) is 0 Å². The molecule has 0 saturated carbocycles. The number of nitrogens with one attached hydrogen (secondary N) is 1. The van der Waals surface area contributed by atoms with Crippen molar-refractivity contribution in [2.45, 2.75) is 38.2 Å². The SMILES string of the molecule is CCc1c[nH]c(=O)n([C@H]2CC(O)[C@@H](CO)O2)c1=O. The van der Waals surface area contributed by atoms with E-state index >= 15 is 0 Å². The molecule has 0 aromatic carbocycles. The van der Waals surface area contributed by atoms with Crippen LogP contribution in [0.15, 0.2) is 15.8 Å². The van der Waals surface area contributed by atoms with Gasteiger partial charge in [0.1, 0.15) is 12.3 Å². The molecule has 1 unspecified atom stereocenters. The first-order valence-electron chi connectivity index (χ1n) is 5.86. The van der Waals surface area contributed by atoms with E-state index in [0.717, 1.165) is 4.57 Å². The van der Waals surface area contributed by atoms with E-state index in [9.17, 15) is 14.7 Å². The molecule has 1 saturated heterocycles. The number of nitrogens with zero attached hydrogens (tertiary/aromatic N) is 1. The summed E-state index contributed by atoms with van der Waals surface area (Å²) in [6.45, 7) is 1.46. The minimum absolute atomic E-state index is 0.112. The molecule has 0 aliphatic carbocycles. The van der Waals surface area contributed by atoms with Crippen molar-refractivity contribution in [2.75, 3.05) is 6.61 Å². The Balaban J connectivity index is 2.41. The van der Waals surface area contributed by atoms with Crippen molar-refractivity contribution in [1.82, 2.24) is 9.55 Å². The zero-order valence-corrected chi connectivity index (χ0v) is 10.00. The average Bonchev–Trinajstić information content (AvgIpc) is 2.70. The fraction of sp³-hybridized carbons (Fsp3) is 0.636. The van der Waals surface area contributed by atoms with Gasteiger partial charge < -0.3 is 19.9 Å². The Morgan fingerprint density at radius 2 is 2.28 bits per heavy atom. The predicted molar refractivity (Wildman–Crippen MR) is 62.3 cm³/mol. The first kappa shape index (κ1) is 13.0. The number of ether oxygens (including phenoxy) is 1. The number of aryl methyl sites for hydroxylation is 1. The molecule has 100 valence electrons. The van der Waals surface area contributed by atoms with Gasteiger partial charge in [0.15, 0.2) is 0 Å². The molecule has 0 bridgehead atoms. The lowest BCUT2D eigenvalue weighted by Gasteiger charge is -2.14. The van der Waals surface area contributed by atoms with Crippen LogP contribution in [0.3, 0.4) is 0 Å². The first-order valence-corrected chi connectivity index (χ1v) is 5.86. The molecule has 0 radical (unpaired) electrons. The van der Waals surface area contributed by atoms with E-state index in [0.29, 0.717) is 12.0 Å². The molecule has 1 aromatic heterocycles. The number of H-pyrrole nitrogens is 1. The van der Waals surface area contributed by atoms with Crippen molar-refractivity contribution in [3.8, 4) is 0 Å². The molecule has 1 aromatic rings. The second-order valence-electron chi connectivity index (χ2n) is 4.26. The number of hydrogen-bond acceptors (Lipinski definition) is 5. The molecular weight excluding hydrogens is 240 g/mol. The molecule has 2 rings (SSSR count). The predicted octanol–water partition coefficient (Wildman–Crippen LogP) is -1.26. The van der Waals surface area contributed by atoms with Crippen molar-refractivity contribution in [3.05, 3.63) is 32.6 Å². The quantitative estimate of drug-likeness (QED) is 0.626. The van der Waals surface area contributed by atoms with Crippen LogP contribution in [0.5, 0.6) is 0 Å². The maximum atomic E-state index is 12.0. The fourth-order valence-corrected chi connectivity index (χ4v) is 2.08. The molecule has 1 aliphatic heterocycles. The van der Waals surface area contributed by atoms with Gasteiger partial charge in [0, 0.05) is 18.2 Å². The van der Waals surface area contributed by atoms with Gasteiger partial charge in [-0.1, -0.05) is 6.92 Å². The summed E-state index contributed by atoms with van der Waals surface area (Å²) < 4.78 is 6.27. The molecule has 0 amide bonds. The summed E-state index contributed by atoms with van der Waals surface area (Å²) in [7, 11) is 0. The summed E-state index contributed by atoms with van der Waals surface area (Å²) in [5.74, 6) is 0. The standard InChI is InChI=1S/C11H16N2O5/c1-2-6-4-12-11(17)13(10(6)16)9-3-7(15)8(5-14)18-9/h4,7-9,14-15H,2-3,5H2,1H3,(H,12,17)/t7?,8-,9-/m1/s1. The normalized spacial score (nSPS) is 27.6. The number of hydrogen-bond donors (Lipinski definition) is 3. The van der Waals surface area contributed by atoms with Gasteiger partial charge in [-0.15, -0.1) is 0 Å². The van der Waals surface area contributed by atoms with Crippen LogP contribution < -0.4 is 11.2 Å². The molecule has 3 N–H and O–H groups in total. The highest BCUT2D eigenvalue weighted by Gasteiger charge is 2.35. The lowest BCUT2D eigenvalue weighted by molar-refractivity contribution is -0.0470. The lowest BCUT2D eigenvalue weighted by Crippen LogP contribution is -2.39. The molecule has 2 heterocycles. The highest BCUT2D eigenvalue weighted by Crippen LogP contribution is 2.26. The van der Waals surface area contributed by atoms with E-state index in [4.69, 9.17) is 9.84 Å². The summed E-state index contributed by atoms with van der Waals surface area (Å²) in [6, 6.07) is 0. The van der Waals surface area contributed by atoms with E-state index < -0.39 is 29.7 Å². The molecule has 7 heteroatoms. The van der Waals surface area contributed by atoms with Crippen LogP contribution in [0.1, 0.15) is 25.1 Å². The zero-order chi connectivity index (χ0) is 13.3. The average molecular weight is 256 g/mol. The molecule has 0 spiro atoms. The second-order valence-corrected chi connectivity index (χ2v) is 4.26. The van der Waals surface area contributed by atoms with Crippen LogP contribution >= 0.6 is 0 Å². The monoisotopic (exact) mass is 256 g/mol. The van der Waals surface area contributed by atoms with Gasteiger partial charge in [-0.25, -0.2) is 9.36 Å². The number of rotatable bonds is 3. The topological polar surface area (TPSA) is 105 Å². The van der Waals surface area contributed by atoms with Gasteiger partial charge in [-0.3, -0.25) is 4.79 Å². The Morgan fingerprint density at radius 3 is 2.83 bits per heavy atom.